The van der Waals surface area contributed by atoms with Gasteiger partial charge in [-0.25, -0.2) is 0 Å². The molecule has 1 fully saturated rings. The summed E-state index contributed by atoms with van der Waals surface area (Å²) in [6.07, 6.45) is 1.28. The van der Waals surface area contributed by atoms with Gasteiger partial charge in [0, 0.05) is 24.4 Å². The summed E-state index contributed by atoms with van der Waals surface area (Å²) < 4.78 is 5.52. The van der Waals surface area contributed by atoms with E-state index in [1.54, 1.807) is 31.4 Å². The minimum Gasteiger partial charge on any atom is -0.368 e. The molecule has 3 N–H and O–H groups in total. The molecule has 0 aromatic heterocycles. The van der Waals surface area contributed by atoms with Crippen molar-refractivity contribution >= 4 is 23.2 Å². The van der Waals surface area contributed by atoms with Crippen LogP contribution in [0.3, 0.4) is 0 Å². The maximum Gasteiger partial charge on any atom is 0.256 e. The molecular formula is C17H25N3O3. The number of hydrogen-bond donors (Lipinski definition) is 3. The van der Waals surface area contributed by atoms with E-state index in [-0.39, 0.29) is 17.7 Å². The van der Waals surface area contributed by atoms with Crippen molar-refractivity contribution in [1.82, 2.24) is 5.32 Å². The number of anilines is 2. The van der Waals surface area contributed by atoms with Gasteiger partial charge in [-0.05, 0) is 44.1 Å². The van der Waals surface area contributed by atoms with Crippen molar-refractivity contribution in [2.24, 2.45) is 5.92 Å². The molecule has 6 nitrogen and oxygen atoms in total. The van der Waals surface area contributed by atoms with Crippen molar-refractivity contribution in [2.45, 2.75) is 32.3 Å². The van der Waals surface area contributed by atoms with Crippen molar-refractivity contribution in [3.8, 4) is 0 Å². The number of methoxy groups -OCH3 is 1. The molecule has 6 heteroatoms. The molecule has 0 aliphatic carbocycles. The second kappa shape index (κ2) is 7.57. The van der Waals surface area contributed by atoms with Crippen molar-refractivity contribution in [1.29, 1.82) is 0 Å². The van der Waals surface area contributed by atoms with Crippen LogP contribution in [0.5, 0.6) is 0 Å². The lowest BCUT2D eigenvalue weighted by atomic mass is 9.91. The topological polar surface area (TPSA) is 79.5 Å². The van der Waals surface area contributed by atoms with Crippen LogP contribution in [0.15, 0.2) is 24.3 Å². The molecule has 0 radical (unpaired) electrons. The third kappa shape index (κ3) is 4.30. The Bertz CT molecular complexity index is 566. The highest BCUT2D eigenvalue weighted by atomic mass is 16.5. The summed E-state index contributed by atoms with van der Waals surface area (Å²) in [5.74, 6) is -0.297. The first-order valence-electron chi connectivity index (χ1n) is 7.95. The summed E-state index contributed by atoms with van der Waals surface area (Å²) in [6.45, 7) is 5.18. The van der Waals surface area contributed by atoms with Gasteiger partial charge in [0.05, 0.1) is 0 Å². The van der Waals surface area contributed by atoms with Crippen LogP contribution in [0, 0.1) is 5.92 Å². The molecule has 0 saturated carbocycles. The van der Waals surface area contributed by atoms with Gasteiger partial charge in [0.25, 0.3) is 5.91 Å². The molecule has 0 spiro atoms. The Labute approximate surface area is 137 Å². The van der Waals surface area contributed by atoms with Crippen LogP contribution in [-0.4, -0.2) is 37.6 Å². The lowest BCUT2D eigenvalue weighted by Gasteiger charge is -2.34. The van der Waals surface area contributed by atoms with Crippen LogP contribution in [-0.2, 0) is 14.3 Å². The molecule has 2 rings (SSSR count). The lowest BCUT2D eigenvalue weighted by molar-refractivity contribution is -0.140. The third-order valence-electron chi connectivity index (χ3n) is 4.13. The molecule has 0 unspecified atom stereocenters. The summed E-state index contributed by atoms with van der Waals surface area (Å²) >= 11 is 0. The van der Waals surface area contributed by atoms with E-state index in [4.69, 9.17) is 4.74 Å². The fourth-order valence-electron chi connectivity index (χ4n) is 2.56. The molecule has 2 amide bonds. The Kier molecular flexibility index (Phi) is 5.74. The van der Waals surface area contributed by atoms with Crippen LogP contribution >= 0.6 is 0 Å². The Morgan fingerprint density at radius 2 is 1.78 bits per heavy atom. The number of ether oxygens (including phenoxy) is 1. The van der Waals surface area contributed by atoms with E-state index in [0.29, 0.717) is 24.2 Å². The van der Waals surface area contributed by atoms with Gasteiger partial charge in [-0.15, -0.1) is 0 Å². The summed E-state index contributed by atoms with van der Waals surface area (Å²) in [6, 6.07) is 7.15. The van der Waals surface area contributed by atoms with Crippen molar-refractivity contribution < 1.29 is 14.3 Å². The van der Waals surface area contributed by atoms with E-state index in [1.165, 1.54) is 0 Å². The molecule has 1 heterocycles. The van der Waals surface area contributed by atoms with Gasteiger partial charge in [0.2, 0.25) is 5.91 Å². The largest absolute Gasteiger partial charge is 0.368 e. The van der Waals surface area contributed by atoms with Gasteiger partial charge in [-0.2, -0.15) is 0 Å². The highest BCUT2D eigenvalue weighted by Gasteiger charge is 2.39. The average molecular weight is 319 g/mol. The zero-order chi connectivity index (χ0) is 16.9. The Morgan fingerprint density at radius 1 is 1.17 bits per heavy atom. The van der Waals surface area contributed by atoms with Crippen molar-refractivity contribution in [3.63, 3.8) is 0 Å². The highest BCUT2D eigenvalue weighted by Crippen LogP contribution is 2.25. The van der Waals surface area contributed by atoms with Crippen LogP contribution in [0.2, 0.25) is 0 Å². The zero-order valence-electron chi connectivity index (χ0n) is 13.9. The molecule has 1 aliphatic heterocycles. The summed E-state index contributed by atoms with van der Waals surface area (Å²) in [5, 5.41) is 8.96. The van der Waals surface area contributed by atoms with Gasteiger partial charge in [0.15, 0.2) is 0 Å². The minimum absolute atomic E-state index is 0.0554. The number of carbonyl (C=O) groups is 2. The third-order valence-corrected chi connectivity index (χ3v) is 4.13. The van der Waals surface area contributed by atoms with E-state index in [0.717, 1.165) is 13.1 Å². The molecule has 0 atom stereocenters. The van der Waals surface area contributed by atoms with E-state index < -0.39 is 5.60 Å². The van der Waals surface area contributed by atoms with Gasteiger partial charge in [-0.1, -0.05) is 19.9 Å². The first-order chi connectivity index (χ1) is 11.0. The van der Waals surface area contributed by atoms with Crippen LogP contribution in [0.4, 0.5) is 11.4 Å². The molecule has 1 aromatic rings. The Balaban J connectivity index is 2.07. The standard InChI is InChI=1S/C17H25N3O3/c1-12(2)15(21)19-13-5-4-6-14(11-13)20-16(22)17(23-3)7-9-18-10-8-17/h4-6,11-12,18H,7-10H2,1-3H3,(H,19,21)(H,20,22). The van der Waals surface area contributed by atoms with Gasteiger partial charge in [-0.3, -0.25) is 9.59 Å². The van der Waals surface area contributed by atoms with Gasteiger partial charge < -0.3 is 20.7 Å². The van der Waals surface area contributed by atoms with E-state index in [1.807, 2.05) is 13.8 Å². The minimum atomic E-state index is -0.789. The zero-order valence-corrected chi connectivity index (χ0v) is 13.9. The number of nitrogens with one attached hydrogen (secondary N) is 3. The first kappa shape index (κ1) is 17.4. The highest BCUT2D eigenvalue weighted by molar-refractivity contribution is 5.98. The number of benzene rings is 1. The second-order valence-electron chi connectivity index (χ2n) is 6.13. The number of carbonyl (C=O) groups excluding carboxylic acids is 2. The summed E-state index contributed by atoms with van der Waals surface area (Å²) in [7, 11) is 1.57. The predicted octanol–water partition coefficient (Wildman–Crippen LogP) is 1.99. The molecular weight excluding hydrogens is 294 g/mol. The molecule has 23 heavy (non-hydrogen) atoms. The van der Waals surface area contributed by atoms with Crippen molar-refractivity contribution in [2.75, 3.05) is 30.8 Å². The van der Waals surface area contributed by atoms with Crippen LogP contribution < -0.4 is 16.0 Å². The summed E-state index contributed by atoms with van der Waals surface area (Å²) in [4.78, 5) is 24.4. The maximum absolute atomic E-state index is 12.6. The Hall–Kier alpha value is -1.92. The second-order valence-corrected chi connectivity index (χ2v) is 6.13. The molecule has 1 aliphatic rings. The van der Waals surface area contributed by atoms with E-state index >= 15 is 0 Å². The smallest absolute Gasteiger partial charge is 0.256 e. The Morgan fingerprint density at radius 3 is 2.35 bits per heavy atom. The van der Waals surface area contributed by atoms with Crippen LogP contribution in [0.25, 0.3) is 0 Å². The normalized spacial score (nSPS) is 16.9. The number of piperidine rings is 1. The molecule has 0 bridgehead atoms. The van der Waals surface area contributed by atoms with E-state index in [2.05, 4.69) is 16.0 Å². The van der Waals surface area contributed by atoms with Crippen LogP contribution in [0.1, 0.15) is 26.7 Å². The molecule has 126 valence electrons. The molecule has 1 aromatic carbocycles. The number of rotatable bonds is 5. The summed E-state index contributed by atoms with van der Waals surface area (Å²) in [5.41, 5.74) is 0.521. The fourth-order valence-corrected chi connectivity index (χ4v) is 2.56. The van der Waals surface area contributed by atoms with Crippen molar-refractivity contribution in [3.05, 3.63) is 24.3 Å². The predicted molar refractivity (Wildman–Crippen MR) is 90.4 cm³/mol. The number of hydrogen-bond acceptors (Lipinski definition) is 4. The van der Waals surface area contributed by atoms with Gasteiger partial charge >= 0.3 is 0 Å². The number of amides is 2. The average Bonchev–Trinajstić information content (AvgIpc) is 2.55. The van der Waals surface area contributed by atoms with Gasteiger partial charge in [0.1, 0.15) is 5.60 Å². The SMILES string of the molecule is COC1(C(=O)Nc2cccc(NC(=O)C(C)C)c2)CCNCC1. The van der Waals surface area contributed by atoms with E-state index in [9.17, 15) is 9.59 Å². The fraction of sp³-hybridized carbons (Fsp3) is 0.529. The first-order valence-corrected chi connectivity index (χ1v) is 7.95. The maximum atomic E-state index is 12.6. The monoisotopic (exact) mass is 319 g/mol. The lowest BCUT2D eigenvalue weighted by Crippen LogP contribution is -2.51. The quantitative estimate of drug-likeness (QED) is 0.775. The molecule has 1 saturated heterocycles.